The number of rotatable bonds is 7. The highest BCUT2D eigenvalue weighted by molar-refractivity contribution is 7.89. The van der Waals surface area contributed by atoms with E-state index < -0.39 is 15.9 Å². The van der Waals surface area contributed by atoms with Gasteiger partial charge in [0.1, 0.15) is 5.75 Å². The van der Waals surface area contributed by atoms with Gasteiger partial charge in [-0.2, -0.15) is 0 Å². The number of ether oxygens (including phenoxy) is 1. The van der Waals surface area contributed by atoms with Gasteiger partial charge in [0.2, 0.25) is 10.0 Å². The normalized spacial score (nSPS) is 12.4. The molecule has 1 amide bonds. The van der Waals surface area contributed by atoms with Crippen LogP contribution in [-0.4, -0.2) is 20.9 Å². The highest BCUT2D eigenvalue weighted by atomic mass is 32.2. The summed E-state index contributed by atoms with van der Waals surface area (Å²) in [5.41, 5.74) is 2.81. The lowest BCUT2D eigenvalue weighted by molar-refractivity contribution is -0.123. The molecule has 0 saturated heterocycles. The van der Waals surface area contributed by atoms with E-state index in [0.717, 1.165) is 5.56 Å². The SMILES string of the molecule is C[C@H](NS(=O)(=O)c1ccc(OCC(=O)NN)cc1)c1ccccc1. The molecule has 24 heavy (non-hydrogen) atoms. The van der Waals surface area contributed by atoms with Gasteiger partial charge in [0.25, 0.3) is 5.91 Å². The Hall–Kier alpha value is -2.42. The highest BCUT2D eigenvalue weighted by Crippen LogP contribution is 2.19. The van der Waals surface area contributed by atoms with Crippen LogP contribution in [0.25, 0.3) is 0 Å². The van der Waals surface area contributed by atoms with Crippen molar-refractivity contribution >= 4 is 15.9 Å². The minimum absolute atomic E-state index is 0.112. The number of hydrazine groups is 1. The summed E-state index contributed by atoms with van der Waals surface area (Å²) in [6.07, 6.45) is 0. The number of carbonyl (C=O) groups is 1. The van der Waals surface area contributed by atoms with Crippen molar-refractivity contribution in [3.05, 3.63) is 60.2 Å². The van der Waals surface area contributed by atoms with Gasteiger partial charge in [0.05, 0.1) is 4.90 Å². The van der Waals surface area contributed by atoms with Crippen LogP contribution in [0.2, 0.25) is 0 Å². The quantitative estimate of drug-likeness (QED) is 0.394. The Morgan fingerprint density at radius 3 is 2.33 bits per heavy atom. The molecule has 1 atom stereocenters. The predicted molar refractivity (Wildman–Crippen MR) is 89.4 cm³/mol. The number of nitrogens with two attached hydrogens (primary N) is 1. The molecule has 128 valence electrons. The van der Waals surface area contributed by atoms with Gasteiger partial charge in [-0.15, -0.1) is 0 Å². The van der Waals surface area contributed by atoms with E-state index in [2.05, 4.69) is 4.72 Å². The van der Waals surface area contributed by atoms with Crippen molar-refractivity contribution < 1.29 is 17.9 Å². The smallest absolute Gasteiger partial charge is 0.271 e. The van der Waals surface area contributed by atoms with Gasteiger partial charge in [-0.25, -0.2) is 19.0 Å². The summed E-state index contributed by atoms with van der Waals surface area (Å²) >= 11 is 0. The van der Waals surface area contributed by atoms with Crippen molar-refractivity contribution in [2.24, 2.45) is 5.84 Å². The van der Waals surface area contributed by atoms with Gasteiger partial charge in [-0.1, -0.05) is 30.3 Å². The van der Waals surface area contributed by atoms with E-state index in [0.29, 0.717) is 5.75 Å². The molecule has 0 unspecified atom stereocenters. The molecular formula is C16H19N3O4S. The number of carbonyl (C=O) groups excluding carboxylic acids is 1. The summed E-state index contributed by atoms with van der Waals surface area (Å²) in [6, 6.07) is 14.7. The summed E-state index contributed by atoms with van der Waals surface area (Å²) in [6.45, 7) is 1.53. The summed E-state index contributed by atoms with van der Waals surface area (Å²) in [5.74, 6) is 4.83. The zero-order chi connectivity index (χ0) is 17.6. The first-order valence-electron chi connectivity index (χ1n) is 7.22. The highest BCUT2D eigenvalue weighted by Gasteiger charge is 2.18. The van der Waals surface area contributed by atoms with Crippen LogP contribution in [0.5, 0.6) is 5.75 Å². The Bertz CT molecular complexity index is 777. The first-order valence-corrected chi connectivity index (χ1v) is 8.70. The lowest BCUT2D eigenvalue weighted by Crippen LogP contribution is -2.34. The largest absolute Gasteiger partial charge is 0.484 e. The van der Waals surface area contributed by atoms with Gasteiger partial charge < -0.3 is 4.74 Å². The lowest BCUT2D eigenvalue weighted by atomic mass is 10.1. The standard InChI is InChI=1S/C16H19N3O4S/c1-12(13-5-3-2-4-6-13)19-24(21,22)15-9-7-14(8-10-15)23-11-16(20)18-17/h2-10,12,19H,11,17H2,1H3,(H,18,20)/t12-/m0/s1. The molecule has 0 fully saturated rings. The van der Waals surface area contributed by atoms with Crippen LogP contribution in [0, 0.1) is 0 Å². The van der Waals surface area contributed by atoms with Gasteiger partial charge >= 0.3 is 0 Å². The molecule has 7 nitrogen and oxygen atoms in total. The van der Waals surface area contributed by atoms with Crippen molar-refractivity contribution in [1.82, 2.24) is 10.1 Å². The molecule has 8 heteroatoms. The minimum atomic E-state index is -3.67. The number of hydrogen-bond acceptors (Lipinski definition) is 5. The average molecular weight is 349 g/mol. The molecule has 0 radical (unpaired) electrons. The van der Waals surface area contributed by atoms with Crippen LogP contribution >= 0.6 is 0 Å². The Kier molecular flexibility index (Phi) is 5.91. The van der Waals surface area contributed by atoms with Gasteiger partial charge in [-0.3, -0.25) is 10.2 Å². The Balaban J connectivity index is 2.05. The minimum Gasteiger partial charge on any atom is -0.484 e. The third-order valence-electron chi connectivity index (χ3n) is 3.30. The lowest BCUT2D eigenvalue weighted by Gasteiger charge is -2.15. The first-order chi connectivity index (χ1) is 11.4. The van der Waals surface area contributed by atoms with Crippen LogP contribution in [0.3, 0.4) is 0 Å². The number of amides is 1. The predicted octanol–water partition coefficient (Wildman–Crippen LogP) is 1.09. The van der Waals surface area contributed by atoms with Crippen LogP contribution in [0.15, 0.2) is 59.5 Å². The maximum absolute atomic E-state index is 12.4. The van der Waals surface area contributed by atoms with Gasteiger partial charge in [0.15, 0.2) is 6.61 Å². The van der Waals surface area contributed by atoms with Crippen LogP contribution in [-0.2, 0) is 14.8 Å². The average Bonchev–Trinajstić information content (AvgIpc) is 2.60. The molecule has 0 aliphatic rings. The Labute approximate surface area is 140 Å². The molecule has 0 saturated carbocycles. The number of sulfonamides is 1. The summed E-state index contributed by atoms with van der Waals surface area (Å²) in [5, 5.41) is 0. The summed E-state index contributed by atoms with van der Waals surface area (Å²) in [4.78, 5) is 11.1. The van der Waals surface area contributed by atoms with Crippen molar-refractivity contribution in [2.75, 3.05) is 6.61 Å². The second-order valence-electron chi connectivity index (χ2n) is 5.08. The van der Waals surface area contributed by atoms with E-state index in [9.17, 15) is 13.2 Å². The van der Waals surface area contributed by atoms with Gasteiger partial charge in [-0.05, 0) is 36.8 Å². The van der Waals surface area contributed by atoms with E-state index in [1.54, 1.807) is 6.92 Å². The molecule has 0 heterocycles. The summed E-state index contributed by atoms with van der Waals surface area (Å²) < 4.78 is 32.6. The maximum Gasteiger partial charge on any atom is 0.271 e. The monoisotopic (exact) mass is 349 g/mol. The molecule has 2 rings (SSSR count). The van der Waals surface area contributed by atoms with Crippen molar-refractivity contribution in [3.8, 4) is 5.75 Å². The molecule has 4 N–H and O–H groups in total. The van der Waals surface area contributed by atoms with E-state index >= 15 is 0 Å². The number of nitrogens with one attached hydrogen (secondary N) is 2. The molecule has 0 bridgehead atoms. The topological polar surface area (TPSA) is 111 Å². The van der Waals surface area contributed by atoms with E-state index in [4.69, 9.17) is 10.6 Å². The molecule has 0 aliphatic heterocycles. The molecule has 2 aromatic rings. The molecule has 0 aliphatic carbocycles. The fraction of sp³-hybridized carbons (Fsp3) is 0.188. The third kappa shape index (κ3) is 4.79. The van der Waals surface area contributed by atoms with Crippen LogP contribution in [0.4, 0.5) is 0 Å². The molecule has 2 aromatic carbocycles. The van der Waals surface area contributed by atoms with E-state index in [1.165, 1.54) is 24.3 Å². The van der Waals surface area contributed by atoms with E-state index in [-0.39, 0.29) is 17.5 Å². The fourth-order valence-electron chi connectivity index (χ4n) is 2.02. The summed E-state index contributed by atoms with van der Waals surface area (Å²) in [7, 11) is -3.67. The van der Waals surface area contributed by atoms with E-state index in [1.807, 2.05) is 35.8 Å². The second kappa shape index (κ2) is 7.91. The van der Waals surface area contributed by atoms with Gasteiger partial charge in [0, 0.05) is 6.04 Å². The zero-order valence-electron chi connectivity index (χ0n) is 13.1. The third-order valence-corrected chi connectivity index (χ3v) is 4.85. The zero-order valence-corrected chi connectivity index (χ0v) is 13.9. The second-order valence-corrected chi connectivity index (χ2v) is 6.80. The first kappa shape index (κ1) is 17.9. The molecule has 0 spiro atoms. The van der Waals surface area contributed by atoms with Crippen LogP contribution < -0.4 is 20.7 Å². The maximum atomic E-state index is 12.4. The number of hydrogen-bond donors (Lipinski definition) is 3. The number of benzene rings is 2. The molecule has 0 aromatic heterocycles. The van der Waals surface area contributed by atoms with Crippen molar-refractivity contribution in [2.45, 2.75) is 17.9 Å². The Morgan fingerprint density at radius 1 is 1.12 bits per heavy atom. The van der Waals surface area contributed by atoms with Crippen molar-refractivity contribution in [1.29, 1.82) is 0 Å². The fourth-order valence-corrected chi connectivity index (χ4v) is 3.25. The Morgan fingerprint density at radius 2 is 1.75 bits per heavy atom. The molecular weight excluding hydrogens is 330 g/mol. The van der Waals surface area contributed by atoms with Crippen molar-refractivity contribution in [3.63, 3.8) is 0 Å². The van der Waals surface area contributed by atoms with Crippen LogP contribution in [0.1, 0.15) is 18.5 Å².